The summed E-state index contributed by atoms with van der Waals surface area (Å²) in [4.78, 5) is 15.3. The summed E-state index contributed by atoms with van der Waals surface area (Å²) in [5, 5.41) is 9.19. The highest BCUT2D eigenvalue weighted by atomic mass is 16.2. The van der Waals surface area contributed by atoms with E-state index in [2.05, 4.69) is 20.5 Å². The van der Waals surface area contributed by atoms with E-state index >= 15 is 0 Å². The minimum Gasteiger partial charge on any atom is -0.354 e. The van der Waals surface area contributed by atoms with Gasteiger partial charge >= 0.3 is 0 Å². The first-order chi connectivity index (χ1) is 7.24. The summed E-state index contributed by atoms with van der Waals surface area (Å²) < 4.78 is 0. The summed E-state index contributed by atoms with van der Waals surface area (Å²) in [6, 6.07) is -0.398. The van der Waals surface area contributed by atoms with Crippen LogP contribution in [0, 0.1) is 0 Å². The first-order valence-electron chi connectivity index (χ1n) is 5.11. The zero-order valence-corrected chi connectivity index (χ0v) is 8.86. The Morgan fingerprint density at radius 2 is 2.53 bits per heavy atom. The minimum atomic E-state index is -0.398. The Morgan fingerprint density at radius 1 is 1.73 bits per heavy atom. The number of nitrogens with two attached hydrogens (primary N) is 1. The second-order valence-electron chi connectivity index (χ2n) is 3.37. The highest BCUT2D eigenvalue weighted by Gasteiger charge is 2.11. The number of nitrogens with one attached hydrogen (secondary N) is 2. The van der Waals surface area contributed by atoms with Crippen LogP contribution in [0.25, 0.3) is 0 Å². The quantitative estimate of drug-likeness (QED) is 0.596. The number of hydrogen-bond donors (Lipinski definition) is 3. The minimum absolute atomic E-state index is 0.101. The van der Waals surface area contributed by atoms with Crippen molar-refractivity contribution in [1.82, 2.24) is 20.5 Å². The summed E-state index contributed by atoms with van der Waals surface area (Å²) in [7, 11) is 0. The topological polar surface area (TPSA) is 96.7 Å². The molecule has 1 rings (SSSR count). The second-order valence-corrected chi connectivity index (χ2v) is 3.37. The van der Waals surface area contributed by atoms with Crippen LogP contribution in [0.1, 0.15) is 25.6 Å². The van der Waals surface area contributed by atoms with Gasteiger partial charge in [0.15, 0.2) is 0 Å². The normalized spacial score (nSPS) is 12.4. The van der Waals surface area contributed by atoms with Gasteiger partial charge in [-0.15, -0.1) is 0 Å². The van der Waals surface area contributed by atoms with Crippen molar-refractivity contribution in [1.29, 1.82) is 0 Å². The van der Waals surface area contributed by atoms with Crippen molar-refractivity contribution in [3.63, 3.8) is 0 Å². The van der Waals surface area contributed by atoms with Crippen molar-refractivity contribution in [2.24, 2.45) is 5.73 Å². The molecule has 0 aliphatic heterocycles. The molecule has 84 valence electrons. The fourth-order valence-corrected chi connectivity index (χ4v) is 1.23. The molecule has 15 heavy (non-hydrogen) atoms. The van der Waals surface area contributed by atoms with E-state index in [0.717, 1.165) is 12.2 Å². The Balaban J connectivity index is 2.17. The van der Waals surface area contributed by atoms with Gasteiger partial charge in [-0.3, -0.25) is 9.89 Å². The highest BCUT2D eigenvalue weighted by Crippen LogP contribution is 1.93. The molecule has 4 N–H and O–H groups in total. The summed E-state index contributed by atoms with van der Waals surface area (Å²) in [5.74, 6) is 0.663. The summed E-state index contributed by atoms with van der Waals surface area (Å²) in [5.41, 5.74) is 5.64. The summed E-state index contributed by atoms with van der Waals surface area (Å²) >= 11 is 0. The Morgan fingerprint density at radius 3 is 3.13 bits per heavy atom. The van der Waals surface area contributed by atoms with Gasteiger partial charge in [-0.05, 0) is 6.42 Å². The van der Waals surface area contributed by atoms with Crippen LogP contribution in [-0.4, -0.2) is 33.7 Å². The third-order valence-electron chi connectivity index (χ3n) is 2.06. The summed E-state index contributed by atoms with van der Waals surface area (Å²) in [6.45, 7) is 2.53. The predicted molar refractivity (Wildman–Crippen MR) is 56.0 cm³/mol. The van der Waals surface area contributed by atoms with Crippen LogP contribution < -0.4 is 11.1 Å². The van der Waals surface area contributed by atoms with Crippen LogP contribution in [0.2, 0.25) is 0 Å². The van der Waals surface area contributed by atoms with E-state index in [-0.39, 0.29) is 5.91 Å². The Hall–Kier alpha value is -1.43. The molecule has 0 aliphatic carbocycles. The molecule has 0 bridgehead atoms. The fourth-order valence-electron chi connectivity index (χ4n) is 1.23. The average Bonchev–Trinajstić information content (AvgIpc) is 2.71. The number of aromatic amines is 1. The SMILES string of the molecule is CCCC(N)C(=O)NCCc1ncn[nH]1. The van der Waals surface area contributed by atoms with E-state index in [0.29, 0.717) is 19.4 Å². The first-order valence-corrected chi connectivity index (χ1v) is 5.11. The van der Waals surface area contributed by atoms with Gasteiger partial charge in [-0.25, -0.2) is 4.98 Å². The van der Waals surface area contributed by atoms with E-state index in [1.54, 1.807) is 0 Å². The van der Waals surface area contributed by atoms with E-state index in [4.69, 9.17) is 5.73 Å². The molecular weight excluding hydrogens is 194 g/mol. The van der Waals surface area contributed by atoms with E-state index in [9.17, 15) is 4.79 Å². The standard InChI is InChI=1S/C9H17N5O/c1-2-3-7(10)9(15)11-5-4-8-12-6-13-14-8/h6-7H,2-5,10H2,1H3,(H,11,15)(H,12,13,14). The lowest BCUT2D eigenvalue weighted by Gasteiger charge is -2.10. The van der Waals surface area contributed by atoms with E-state index in [1.807, 2.05) is 6.92 Å². The maximum absolute atomic E-state index is 11.4. The van der Waals surface area contributed by atoms with Crippen molar-refractivity contribution in [3.8, 4) is 0 Å². The van der Waals surface area contributed by atoms with Gasteiger partial charge in [0.1, 0.15) is 12.2 Å². The first kappa shape index (κ1) is 11.6. The number of amides is 1. The van der Waals surface area contributed by atoms with Crippen LogP contribution >= 0.6 is 0 Å². The van der Waals surface area contributed by atoms with Gasteiger partial charge in [0.25, 0.3) is 0 Å². The van der Waals surface area contributed by atoms with Crippen LogP contribution in [0.15, 0.2) is 6.33 Å². The molecule has 0 aromatic carbocycles. The molecule has 0 spiro atoms. The van der Waals surface area contributed by atoms with Crippen molar-refractivity contribution in [2.75, 3.05) is 6.54 Å². The van der Waals surface area contributed by atoms with Crippen LogP contribution in [0.5, 0.6) is 0 Å². The third-order valence-corrected chi connectivity index (χ3v) is 2.06. The smallest absolute Gasteiger partial charge is 0.236 e. The van der Waals surface area contributed by atoms with Crippen LogP contribution in [-0.2, 0) is 11.2 Å². The molecule has 0 saturated carbocycles. The van der Waals surface area contributed by atoms with Gasteiger partial charge in [-0.2, -0.15) is 5.10 Å². The molecule has 0 aliphatic rings. The maximum atomic E-state index is 11.4. The average molecular weight is 211 g/mol. The molecule has 6 heteroatoms. The summed E-state index contributed by atoms with van der Waals surface area (Å²) in [6.07, 6.45) is 3.72. The number of H-pyrrole nitrogens is 1. The number of aromatic nitrogens is 3. The molecule has 0 fully saturated rings. The lowest BCUT2D eigenvalue weighted by Crippen LogP contribution is -2.41. The molecule has 1 aromatic heterocycles. The van der Waals surface area contributed by atoms with Gasteiger partial charge in [0.05, 0.1) is 6.04 Å². The lowest BCUT2D eigenvalue weighted by molar-refractivity contribution is -0.122. The van der Waals surface area contributed by atoms with Crippen molar-refractivity contribution in [2.45, 2.75) is 32.2 Å². The predicted octanol–water partition coefficient (Wildman–Crippen LogP) is -0.409. The number of hydrogen-bond acceptors (Lipinski definition) is 4. The lowest BCUT2D eigenvalue weighted by atomic mass is 10.2. The molecule has 1 aromatic rings. The largest absolute Gasteiger partial charge is 0.354 e. The number of nitrogens with zero attached hydrogens (tertiary/aromatic N) is 2. The van der Waals surface area contributed by atoms with Crippen molar-refractivity contribution < 1.29 is 4.79 Å². The van der Waals surface area contributed by atoms with E-state index < -0.39 is 6.04 Å². The molecule has 6 nitrogen and oxygen atoms in total. The van der Waals surface area contributed by atoms with Gasteiger partial charge in [0, 0.05) is 13.0 Å². The fraction of sp³-hybridized carbons (Fsp3) is 0.667. The zero-order chi connectivity index (χ0) is 11.1. The van der Waals surface area contributed by atoms with E-state index in [1.165, 1.54) is 6.33 Å². The number of carbonyl (C=O) groups excluding carboxylic acids is 1. The van der Waals surface area contributed by atoms with Gasteiger partial charge in [-0.1, -0.05) is 13.3 Å². The third kappa shape index (κ3) is 4.07. The van der Waals surface area contributed by atoms with Gasteiger partial charge < -0.3 is 11.1 Å². The number of rotatable bonds is 6. The monoisotopic (exact) mass is 211 g/mol. The Kier molecular flexibility index (Phi) is 4.76. The zero-order valence-electron chi connectivity index (χ0n) is 8.86. The number of carbonyl (C=O) groups is 1. The Labute approximate surface area is 88.7 Å². The van der Waals surface area contributed by atoms with Crippen molar-refractivity contribution >= 4 is 5.91 Å². The molecule has 1 amide bonds. The van der Waals surface area contributed by atoms with Crippen LogP contribution in [0.3, 0.4) is 0 Å². The molecule has 1 atom stereocenters. The highest BCUT2D eigenvalue weighted by molar-refractivity contribution is 5.81. The van der Waals surface area contributed by atoms with Crippen LogP contribution in [0.4, 0.5) is 0 Å². The molecule has 0 radical (unpaired) electrons. The van der Waals surface area contributed by atoms with Gasteiger partial charge in [0.2, 0.25) is 5.91 Å². The second kappa shape index (κ2) is 6.13. The molecule has 1 unspecified atom stereocenters. The van der Waals surface area contributed by atoms with Crippen molar-refractivity contribution in [3.05, 3.63) is 12.2 Å². The maximum Gasteiger partial charge on any atom is 0.236 e. The molecule has 1 heterocycles. The molecule has 0 saturated heterocycles. The Bertz CT molecular complexity index is 285. The molecular formula is C9H17N5O.